The topological polar surface area (TPSA) is 119 Å². The van der Waals surface area contributed by atoms with Crippen molar-refractivity contribution in [3.05, 3.63) is 29.8 Å². The molecule has 0 amide bonds. The molecule has 4 atom stereocenters. The minimum Gasteiger partial charge on any atom is -0.478 e. The van der Waals surface area contributed by atoms with Gasteiger partial charge in [-0.1, -0.05) is 0 Å². The number of aromatic carboxylic acids is 1. The Morgan fingerprint density at radius 1 is 1.21 bits per heavy atom. The van der Waals surface area contributed by atoms with E-state index < -0.39 is 37.1 Å². The summed E-state index contributed by atoms with van der Waals surface area (Å²) in [5.41, 5.74) is 0.687. The Balaban J connectivity index is 2.03. The molecule has 0 bridgehead atoms. The summed E-state index contributed by atoms with van der Waals surface area (Å²) in [5.74, 6) is -1.03. The molecule has 7 nitrogen and oxygen atoms in total. The normalized spacial score (nSPS) is 30.3. The van der Waals surface area contributed by atoms with Gasteiger partial charge in [-0.05, 0) is 24.3 Å². The van der Waals surface area contributed by atoms with Gasteiger partial charge in [0.05, 0.1) is 12.2 Å². The number of carboxylic acid groups (broad SMARTS) is 1. The van der Waals surface area contributed by atoms with Crippen LogP contribution in [0.5, 0.6) is 0 Å². The molecule has 0 unspecified atom stereocenters. The van der Waals surface area contributed by atoms with E-state index in [1.165, 1.54) is 24.3 Å². The van der Waals surface area contributed by atoms with Gasteiger partial charge in [-0.2, -0.15) is 0 Å². The Labute approximate surface area is 109 Å². The molecule has 1 aromatic carbocycles. The van der Waals surface area contributed by atoms with E-state index in [9.17, 15) is 15.0 Å². The average molecular weight is 269 g/mol. The van der Waals surface area contributed by atoms with E-state index >= 15 is 0 Å². The van der Waals surface area contributed by atoms with Gasteiger partial charge < -0.3 is 30.5 Å². The number of nitrogens with one attached hydrogen (secondary N) is 1. The van der Waals surface area contributed by atoms with Crippen LogP contribution >= 0.6 is 0 Å². The van der Waals surface area contributed by atoms with E-state index in [0.717, 1.165) is 0 Å². The zero-order valence-corrected chi connectivity index (χ0v) is 9.93. The molecule has 7 heteroatoms. The van der Waals surface area contributed by atoms with Crippen molar-refractivity contribution < 1.29 is 30.0 Å². The predicted molar refractivity (Wildman–Crippen MR) is 64.8 cm³/mol. The third-order valence-electron chi connectivity index (χ3n) is 2.98. The lowest BCUT2D eigenvalue weighted by atomic mass is 10.1. The van der Waals surface area contributed by atoms with Gasteiger partial charge in [-0.15, -0.1) is 0 Å². The van der Waals surface area contributed by atoms with Crippen LogP contribution < -0.4 is 5.32 Å². The Hall–Kier alpha value is -1.67. The fraction of sp³-hybridized carbons (Fsp3) is 0.417. The quantitative estimate of drug-likeness (QED) is 0.487. The molecule has 1 heterocycles. The fourth-order valence-electron chi connectivity index (χ4n) is 1.89. The van der Waals surface area contributed by atoms with Gasteiger partial charge in [0.15, 0.2) is 6.23 Å². The van der Waals surface area contributed by atoms with Crippen LogP contribution in [0.3, 0.4) is 0 Å². The highest BCUT2D eigenvalue weighted by Crippen LogP contribution is 2.23. The molecule has 0 saturated carbocycles. The molecule has 1 aliphatic heterocycles. The van der Waals surface area contributed by atoms with Gasteiger partial charge >= 0.3 is 5.97 Å². The number of ether oxygens (including phenoxy) is 1. The number of hydrogen-bond donors (Lipinski definition) is 5. The van der Waals surface area contributed by atoms with Crippen molar-refractivity contribution in [1.29, 1.82) is 0 Å². The molecule has 5 N–H and O–H groups in total. The lowest BCUT2D eigenvalue weighted by Crippen LogP contribution is -2.36. The Kier molecular flexibility index (Phi) is 4.01. The number of aliphatic hydroxyl groups excluding tert-OH is 3. The van der Waals surface area contributed by atoms with Crippen molar-refractivity contribution >= 4 is 11.7 Å². The third kappa shape index (κ3) is 2.85. The lowest BCUT2D eigenvalue weighted by Gasteiger charge is -2.17. The standard InChI is InChI=1S/C12H15NO6/c14-5-8-9(15)10(16)11(19-8)13-7-3-1-6(2-4-7)12(17)18/h1-4,8-11,13-16H,5H2,(H,17,18)/t8-,9-,10-,11+/m0/s1. The summed E-state index contributed by atoms with van der Waals surface area (Å²) in [4.78, 5) is 10.7. The fourth-order valence-corrected chi connectivity index (χ4v) is 1.89. The molecule has 104 valence electrons. The lowest BCUT2D eigenvalue weighted by molar-refractivity contribution is -0.0153. The van der Waals surface area contributed by atoms with Crippen molar-refractivity contribution in [3.63, 3.8) is 0 Å². The second-order valence-electron chi connectivity index (χ2n) is 4.29. The molecule has 1 aliphatic rings. The average Bonchev–Trinajstić information content (AvgIpc) is 2.67. The summed E-state index contributed by atoms with van der Waals surface area (Å²) in [7, 11) is 0. The number of hydrogen-bond acceptors (Lipinski definition) is 6. The second-order valence-corrected chi connectivity index (χ2v) is 4.29. The van der Waals surface area contributed by atoms with Crippen molar-refractivity contribution in [2.75, 3.05) is 11.9 Å². The number of carboxylic acids is 1. The van der Waals surface area contributed by atoms with E-state index in [4.69, 9.17) is 14.9 Å². The first kappa shape index (κ1) is 13.8. The highest BCUT2D eigenvalue weighted by atomic mass is 16.6. The molecule has 0 aliphatic carbocycles. The van der Waals surface area contributed by atoms with Gasteiger partial charge in [-0.3, -0.25) is 0 Å². The molecule has 0 spiro atoms. The van der Waals surface area contributed by atoms with E-state index in [2.05, 4.69) is 5.32 Å². The molecule has 1 aromatic rings. The summed E-state index contributed by atoms with van der Waals surface area (Å²) in [5, 5.41) is 39.8. The van der Waals surface area contributed by atoms with E-state index in [1.54, 1.807) is 0 Å². The maximum atomic E-state index is 10.7. The monoisotopic (exact) mass is 269 g/mol. The number of rotatable bonds is 4. The first-order valence-corrected chi connectivity index (χ1v) is 5.75. The second kappa shape index (κ2) is 5.54. The molecule has 1 saturated heterocycles. The molecular formula is C12H15NO6. The molecular weight excluding hydrogens is 254 g/mol. The van der Waals surface area contributed by atoms with E-state index in [1.807, 2.05) is 0 Å². The first-order valence-electron chi connectivity index (χ1n) is 5.75. The Morgan fingerprint density at radius 2 is 1.84 bits per heavy atom. The van der Waals surface area contributed by atoms with Crippen LogP contribution in [-0.2, 0) is 4.74 Å². The highest BCUT2D eigenvalue weighted by molar-refractivity contribution is 5.87. The van der Waals surface area contributed by atoms with Crippen LogP contribution in [0, 0.1) is 0 Å². The Bertz CT molecular complexity index is 448. The van der Waals surface area contributed by atoms with E-state index in [-0.39, 0.29) is 5.56 Å². The summed E-state index contributed by atoms with van der Waals surface area (Å²) >= 11 is 0. The van der Waals surface area contributed by atoms with Crippen molar-refractivity contribution in [3.8, 4) is 0 Å². The predicted octanol–water partition coefficient (Wildman–Crippen LogP) is -0.764. The van der Waals surface area contributed by atoms with Gasteiger partial charge in [-0.25, -0.2) is 4.79 Å². The highest BCUT2D eigenvalue weighted by Gasteiger charge is 2.42. The third-order valence-corrected chi connectivity index (χ3v) is 2.98. The zero-order chi connectivity index (χ0) is 14.0. The molecule has 0 radical (unpaired) electrons. The number of benzene rings is 1. The zero-order valence-electron chi connectivity index (χ0n) is 9.93. The summed E-state index contributed by atoms with van der Waals surface area (Å²) < 4.78 is 5.24. The van der Waals surface area contributed by atoms with Crippen LogP contribution in [-0.4, -0.2) is 57.5 Å². The molecule has 1 fully saturated rings. The minimum absolute atomic E-state index is 0.145. The van der Waals surface area contributed by atoms with Crippen LogP contribution in [0.25, 0.3) is 0 Å². The van der Waals surface area contributed by atoms with Crippen LogP contribution in [0.15, 0.2) is 24.3 Å². The van der Waals surface area contributed by atoms with Gasteiger partial charge in [0, 0.05) is 5.69 Å². The van der Waals surface area contributed by atoms with Crippen LogP contribution in [0.2, 0.25) is 0 Å². The van der Waals surface area contributed by atoms with Crippen molar-refractivity contribution in [2.24, 2.45) is 0 Å². The largest absolute Gasteiger partial charge is 0.478 e. The number of carbonyl (C=O) groups is 1. The first-order chi connectivity index (χ1) is 9.02. The van der Waals surface area contributed by atoms with Gasteiger partial charge in [0.25, 0.3) is 0 Å². The minimum atomic E-state index is -1.17. The molecule has 0 aromatic heterocycles. The van der Waals surface area contributed by atoms with Crippen LogP contribution in [0.4, 0.5) is 5.69 Å². The van der Waals surface area contributed by atoms with E-state index in [0.29, 0.717) is 5.69 Å². The molecule has 19 heavy (non-hydrogen) atoms. The van der Waals surface area contributed by atoms with Crippen LogP contribution in [0.1, 0.15) is 10.4 Å². The van der Waals surface area contributed by atoms with Crippen molar-refractivity contribution in [1.82, 2.24) is 0 Å². The van der Waals surface area contributed by atoms with Gasteiger partial charge in [0.1, 0.15) is 18.3 Å². The summed E-state index contributed by atoms with van der Waals surface area (Å²) in [6.07, 6.45) is -4.04. The Morgan fingerprint density at radius 3 is 2.32 bits per heavy atom. The SMILES string of the molecule is O=C(O)c1ccc(N[C@@H]2O[C@@H](CO)[C@H](O)[C@@H]2O)cc1. The smallest absolute Gasteiger partial charge is 0.335 e. The number of anilines is 1. The summed E-state index contributed by atoms with van der Waals surface area (Å²) in [6.45, 7) is -0.394. The molecule has 2 rings (SSSR count). The maximum Gasteiger partial charge on any atom is 0.335 e. The maximum absolute atomic E-state index is 10.7. The summed E-state index contributed by atoms with van der Waals surface area (Å²) in [6, 6.07) is 5.87. The van der Waals surface area contributed by atoms with Crippen molar-refractivity contribution in [2.45, 2.75) is 24.5 Å². The van der Waals surface area contributed by atoms with Gasteiger partial charge in [0.2, 0.25) is 0 Å². The number of aliphatic hydroxyl groups is 3.